The summed E-state index contributed by atoms with van der Waals surface area (Å²) in [6, 6.07) is 20.4. The molecule has 0 aliphatic rings. The Balaban J connectivity index is 0.000000191. The number of allylic oxidation sites excluding steroid dienone is 1. The Hall–Kier alpha value is -2.28. The lowest BCUT2D eigenvalue weighted by Gasteiger charge is -1.98. The monoisotopic (exact) mass is 251 g/mol. The number of rotatable bonds is 4. The fraction of sp³-hybridized carbons (Fsp3) is 0.111. The van der Waals surface area contributed by atoms with Crippen LogP contribution in [-0.4, -0.2) is 0 Å². The Morgan fingerprint density at radius 2 is 1.53 bits per heavy atom. The molecule has 0 saturated heterocycles. The van der Waals surface area contributed by atoms with Crippen molar-refractivity contribution in [2.24, 2.45) is 0 Å². The van der Waals surface area contributed by atoms with Crippen molar-refractivity contribution in [2.75, 3.05) is 0 Å². The van der Waals surface area contributed by atoms with Crippen LogP contribution in [0.3, 0.4) is 0 Å². The average Bonchev–Trinajstić information content (AvgIpc) is 2.48. The molecule has 0 heterocycles. The van der Waals surface area contributed by atoms with Crippen molar-refractivity contribution < 1.29 is 0 Å². The van der Waals surface area contributed by atoms with E-state index >= 15 is 0 Å². The van der Waals surface area contributed by atoms with Crippen LogP contribution >= 0.6 is 0 Å². The predicted molar refractivity (Wildman–Crippen MR) is 84.6 cm³/mol. The van der Waals surface area contributed by atoms with Gasteiger partial charge in [0.15, 0.2) is 0 Å². The van der Waals surface area contributed by atoms with Crippen molar-refractivity contribution in [1.82, 2.24) is 5.32 Å². The van der Waals surface area contributed by atoms with Crippen molar-refractivity contribution >= 4 is 5.57 Å². The first-order chi connectivity index (χ1) is 9.24. The van der Waals surface area contributed by atoms with E-state index in [0.717, 1.165) is 12.1 Å². The zero-order valence-corrected chi connectivity index (χ0v) is 11.5. The van der Waals surface area contributed by atoms with E-state index in [1.165, 1.54) is 11.1 Å². The van der Waals surface area contributed by atoms with Gasteiger partial charge in [0.25, 0.3) is 0 Å². The molecule has 1 heteroatoms. The lowest BCUT2D eigenvalue weighted by Crippen LogP contribution is -2.02. The zero-order chi connectivity index (χ0) is 13.9. The molecule has 1 nitrogen and oxygen atoms in total. The van der Waals surface area contributed by atoms with E-state index in [4.69, 9.17) is 0 Å². The molecular formula is C18H21N. The van der Waals surface area contributed by atoms with Gasteiger partial charge in [0, 0.05) is 6.54 Å². The molecule has 98 valence electrons. The highest BCUT2D eigenvalue weighted by Crippen LogP contribution is 2.08. The van der Waals surface area contributed by atoms with Crippen LogP contribution < -0.4 is 5.32 Å². The SMILES string of the molecule is C=C(C)c1ccccc1.C=CNCc1ccccc1. The number of hydrogen-bond acceptors (Lipinski definition) is 1. The molecule has 19 heavy (non-hydrogen) atoms. The molecule has 1 N–H and O–H groups in total. The van der Waals surface area contributed by atoms with Crippen LogP contribution in [0.2, 0.25) is 0 Å². The average molecular weight is 251 g/mol. The van der Waals surface area contributed by atoms with E-state index in [2.05, 4.69) is 42.7 Å². The highest BCUT2D eigenvalue weighted by molar-refractivity contribution is 5.60. The van der Waals surface area contributed by atoms with E-state index in [1.54, 1.807) is 6.20 Å². The second-order valence-electron chi connectivity index (χ2n) is 4.22. The third-order valence-electron chi connectivity index (χ3n) is 2.56. The standard InChI is InChI=1S/C9H11N.C9H10/c1-2-10-8-9-6-4-3-5-7-9;1-8(2)9-6-4-3-5-7-9/h2-7,10H,1,8H2;3-7H,1H2,2H3. The lowest BCUT2D eigenvalue weighted by atomic mass is 10.1. The molecule has 0 saturated carbocycles. The summed E-state index contributed by atoms with van der Waals surface area (Å²) < 4.78 is 0. The first kappa shape index (κ1) is 14.8. The summed E-state index contributed by atoms with van der Waals surface area (Å²) in [5.41, 5.74) is 3.62. The van der Waals surface area contributed by atoms with Crippen LogP contribution in [0.1, 0.15) is 18.1 Å². The molecule has 0 bridgehead atoms. The summed E-state index contributed by atoms with van der Waals surface area (Å²) in [5, 5.41) is 3.03. The Labute approximate surface area is 116 Å². The van der Waals surface area contributed by atoms with Crippen LogP contribution in [0.25, 0.3) is 5.57 Å². The van der Waals surface area contributed by atoms with Crippen LogP contribution in [-0.2, 0) is 6.54 Å². The number of hydrogen-bond donors (Lipinski definition) is 1. The third-order valence-corrected chi connectivity index (χ3v) is 2.56. The van der Waals surface area contributed by atoms with Gasteiger partial charge in [-0.2, -0.15) is 0 Å². The van der Waals surface area contributed by atoms with Crippen LogP contribution in [0.4, 0.5) is 0 Å². The Morgan fingerprint density at radius 3 is 1.95 bits per heavy atom. The molecule has 0 radical (unpaired) electrons. The Bertz CT molecular complexity index is 486. The maximum atomic E-state index is 3.83. The van der Waals surface area contributed by atoms with Crippen molar-refractivity contribution in [3.63, 3.8) is 0 Å². The van der Waals surface area contributed by atoms with Crippen molar-refractivity contribution in [3.05, 3.63) is 91.1 Å². The number of nitrogens with one attached hydrogen (secondary N) is 1. The largest absolute Gasteiger partial charge is 0.387 e. The van der Waals surface area contributed by atoms with Gasteiger partial charge in [-0.15, -0.1) is 0 Å². The van der Waals surface area contributed by atoms with E-state index in [-0.39, 0.29) is 0 Å². The minimum Gasteiger partial charge on any atom is -0.387 e. The van der Waals surface area contributed by atoms with Gasteiger partial charge >= 0.3 is 0 Å². The summed E-state index contributed by atoms with van der Waals surface area (Å²) >= 11 is 0. The fourth-order valence-corrected chi connectivity index (χ4v) is 1.51. The van der Waals surface area contributed by atoms with Gasteiger partial charge in [-0.1, -0.05) is 79.4 Å². The quantitative estimate of drug-likeness (QED) is 0.834. The van der Waals surface area contributed by atoms with Crippen molar-refractivity contribution in [1.29, 1.82) is 0 Å². The van der Waals surface area contributed by atoms with E-state index < -0.39 is 0 Å². The second kappa shape index (κ2) is 8.76. The molecule has 0 spiro atoms. The summed E-state index contributed by atoms with van der Waals surface area (Å²) in [5.74, 6) is 0. The lowest BCUT2D eigenvalue weighted by molar-refractivity contribution is 0.872. The summed E-state index contributed by atoms with van der Waals surface area (Å²) in [6.07, 6.45) is 1.70. The molecule has 0 aliphatic heterocycles. The van der Waals surface area contributed by atoms with E-state index in [1.807, 2.05) is 43.3 Å². The molecule has 2 aromatic rings. The zero-order valence-electron chi connectivity index (χ0n) is 11.5. The Kier molecular flexibility index (Phi) is 6.81. The van der Waals surface area contributed by atoms with Gasteiger partial charge in [0.2, 0.25) is 0 Å². The van der Waals surface area contributed by atoms with Gasteiger partial charge in [0.1, 0.15) is 0 Å². The maximum absolute atomic E-state index is 3.83. The normalized spacial score (nSPS) is 8.89. The van der Waals surface area contributed by atoms with Crippen molar-refractivity contribution in [3.8, 4) is 0 Å². The highest BCUT2D eigenvalue weighted by Gasteiger charge is 1.86. The molecule has 0 unspecified atom stereocenters. The Morgan fingerprint density at radius 1 is 1.00 bits per heavy atom. The predicted octanol–water partition coefficient (Wildman–Crippen LogP) is 4.64. The minimum atomic E-state index is 0.865. The smallest absolute Gasteiger partial charge is 0.0395 e. The van der Waals surface area contributed by atoms with Gasteiger partial charge in [0.05, 0.1) is 0 Å². The van der Waals surface area contributed by atoms with Crippen molar-refractivity contribution in [2.45, 2.75) is 13.5 Å². The molecule has 2 aromatic carbocycles. The molecular weight excluding hydrogens is 230 g/mol. The molecule has 0 amide bonds. The molecule has 2 rings (SSSR count). The first-order valence-electron chi connectivity index (χ1n) is 6.33. The third kappa shape index (κ3) is 6.27. The summed E-state index contributed by atoms with van der Waals surface area (Å²) in [4.78, 5) is 0. The van der Waals surface area contributed by atoms with Crippen LogP contribution in [0.15, 0.2) is 80.0 Å². The number of benzene rings is 2. The van der Waals surface area contributed by atoms with Gasteiger partial charge < -0.3 is 5.32 Å². The molecule has 0 atom stereocenters. The van der Waals surface area contributed by atoms with Crippen LogP contribution in [0, 0.1) is 0 Å². The van der Waals surface area contributed by atoms with E-state index in [0.29, 0.717) is 0 Å². The topological polar surface area (TPSA) is 12.0 Å². The molecule has 0 fully saturated rings. The van der Waals surface area contributed by atoms with Gasteiger partial charge in [-0.3, -0.25) is 0 Å². The molecule has 0 aromatic heterocycles. The fourth-order valence-electron chi connectivity index (χ4n) is 1.51. The summed E-state index contributed by atoms with van der Waals surface area (Å²) in [6.45, 7) is 10.3. The maximum Gasteiger partial charge on any atom is 0.0395 e. The highest BCUT2D eigenvalue weighted by atomic mass is 14.8. The summed E-state index contributed by atoms with van der Waals surface area (Å²) in [7, 11) is 0. The van der Waals surface area contributed by atoms with Gasteiger partial charge in [-0.05, 0) is 24.3 Å². The second-order valence-corrected chi connectivity index (χ2v) is 4.22. The van der Waals surface area contributed by atoms with Crippen LogP contribution in [0.5, 0.6) is 0 Å². The molecule has 0 aliphatic carbocycles. The first-order valence-corrected chi connectivity index (χ1v) is 6.33. The van der Waals surface area contributed by atoms with Gasteiger partial charge in [-0.25, -0.2) is 0 Å². The minimum absolute atomic E-state index is 0.865. The van der Waals surface area contributed by atoms with E-state index in [9.17, 15) is 0 Å².